The van der Waals surface area contributed by atoms with Crippen molar-refractivity contribution in [3.05, 3.63) is 75.0 Å². The van der Waals surface area contributed by atoms with Crippen molar-refractivity contribution in [2.75, 3.05) is 0 Å². The van der Waals surface area contributed by atoms with Crippen molar-refractivity contribution in [3.63, 3.8) is 0 Å². The van der Waals surface area contributed by atoms with Crippen molar-refractivity contribution < 1.29 is 0 Å². The molecule has 1 aromatic heterocycles. The highest BCUT2D eigenvalue weighted by Gasteiger charge is 2.15. The van der Waals surface area contributed by atoms with Crippen LogP contribution in [0, 0.1) is 0 Å². The first-order valence-electron chi connectivity index (χ1n) is 8.15. The molecule has 26 heavy (non-hydrogen) atoms. The van der Waals surface area contributed by atoms with Gasteiger partial charge in [0.1, 0.15) is 0 Å². The van der Waals surface area contributed by atoms with E-state index in [1.54, 1.807) is 18.0 Å². The fraction of sp³-hybridized carbons (Fsp3) is 0.211. The lowest BCUT2D eigenvalue weighted by molar-refractivity contribution is 0.667. The summed E-state index contributed by atoms with van der Waals surface area (Å²) in [6.45, 7) is 4.16. The minimum absolute atomic E-state index is 0.223. The zero-order chi connectivity index (χ0) is 18.5. The molecule has 0 spiro atoms. The molecule has 7 heteroatoms. The third kappa shape index (κ3) is 4.96. The zero-order valence-electron chi connectivity index (χ0n) is 14.4. The molecule has 134 valence electrons. The second-order valence-electron chi connectivity index (χ2n) is 6.02. The van der Waals surface area contributed by atoms with Crippen LogP contribution in [0.25, 0.3) is 0 Å². The summed E-state index contributed by atoms with van der Waals surface area (Å²) in [5, 5.41) is 14.7. The van der Waals surface area contributed by atoms with Gasteiger partial charge in [0.05, 0.1) is 6.21 Å². The third-order valence-corrected chi connectivity index (χ3v) is 5.36. The Kier molecular flexibility index (Phi) is 6.51. The van der Waals surface area contributed by atoms with Gasteiger partial charge in [0.15, 0.2) is 5.82 Å². The van der Waals surface area contributed by atoms with Crippen LogP contribution >= 0.6 is 39.3 Å². The van der Waals surface area contributed by atoms with E-state index in [4.69, 9.17) is 11.6 Å². The highest BCUT2D eigenvalue weighted by atomic mass is 79.9. The van der Waals surface area contributed by atoms with E-state index in [0.29, 0.717) is 5.02 Å². The lowest BCUT2D eigenvalue weighted by Gasteiger charge is -2.06. The number of aromatic nitrogens is 3. The highest BCUT2D eigenvalue weighted by molar-refractivity contribution is 9.10. The predicted octanol–water partition coefficient (Wildman–Crippen LogP) is 5.99. The molecule has 4 nitrogen and oxygen atoms in total. The summed E-state index contributed by atoms with van der Waals surface area (Å²) in [5.74, 6) is 1.86. The number of nitrogens with zero attached hydrogens (tertiary/aromatic N) is 4. The number of benzene rings is 2. The van der Waals surface area contributed by atoms with Crippen molar-refractivity contribution in [2.24, 2.45) is 5.10 Å². The Morgan fingerprint density at radius 1 is 1.19 bits per heavy atom. The smallest absolute Gasteiger partial charge is 0.191 e. The van der Waals surface area contributed by atoms with Gasteiger partial charge in [-0.25, -0.2) is 0 Å². The lowest BCUT2D eigenvalue weighted by atomic mass is 10.2. The largest absolute Gasteiger partial charge is 0.212 e. The van der Waals surface area contributed by atoms with Crippen LogP contribution in [-0.2, 0) is 5.75 Å². The van der Waals surface area contributed by atoms with E-state index in [1.165, 1.54) is 5.56 Å². The van der Waals surface area contributed by atoms with Crippen molar-refractivity contribution in [3.8, 4) is 0 Å². The SMILES string of the molecule is CC(C)c1nnc(SCc2ccc(Br)cc2)n1/N=C\c1cccc(Cl)c1. The highest BCUT2D eigenvalue weighted by Crippen LogP contribution is 2.25. The molecule has 0 aliphatic carbocycles. The molecular formula is C19H18BrClN4S. The zero-order valence-corrected chi connectivity index (χ0v) is 17.6. The van der Waals surface area contributed by atoms with Crippen molar-refractivity contribution >= 4 is 45.5 Å². The molecule has 0 aliphatic rings. The maximum Gasteiger partial charge on any atom is 0.212 e. The lowest BCUT2D eigenvalue weighted by Crippen LogP contribution is -2.02. The standard InChI is InChI=1S/C19H18BrClN4S/c1-13(2)18-23-24-19(26-12-14-6-8-16(20)9-7-14)25(18)22-11-15-4-3-5-17(21)10-15/h3-11,13H,12H2,1-2H3/b22-11-. The summed E-state index contributed by atoms with van der Waals surface area (Å²) in [4.78, 5) is 0. The number of halogens is 2. The molecule has 3 aromatic rings. The van der Waals surface area contributed by atoms with Gasteiger partial charge in [-0.3, -0.25) is 0 Å². The molecule has 0 bridgehead atoms. The summed E-state index contributed by atoms with van der Waals surface area (Å²) in [6.07, 6.45) is 1.78. The summed E-state index contributed by atoms with van der Waals surface area (Å²) in [5.41, 5.74) is 2.16. The van der Waals surface area contributed by atoms with Crippen molar-refractivity contribution in [1.29, 1.82) is 0 Å². The van der Waals surface area contributed by atoms with Crippen LogP contribution in [0.1, 0.15) is 36.7 Å². The minimum Gasteiger partial charge on any atom is -0.191 e. The van der Waals surface area contributed by atoms with E-state index < -0.39 is 0 Å². The van der Waals surface area contributed by atoms with Crippen LogP contribution in [0.2, 0.25) is 5.02 Å². The molecule has 0 atom stereocenters. The summed E-state index contributed by atoms with van der Waals surface area (Å²) < 4.78 is 2.89. The molecule has 0 aliphatic heterocycles. The Hall–Kier alpha value is -1.63. The quantitative estimate of drug-likeness (QED) is 0.343. The molecule has 1 heterocycles. The van der Waals surface area contributed by atoms with E-state index in [9.17, 15) is 0 Å². The van der Waals surface area contributed by atoms with Crippen LogP contribution in [0.5, 0.6) is 0 Å². The molecule has 0 amide bonds. The molecule has 0 saturated carbocycles. The monoisotopic (exact) mass is 448 g/mol. The molecule has 0 radical (unpaired) electrons. The first kappa shape index (κ1) is 19.1. The van der Waals surface area contributed by atoms with Crippen LogP contribution in [0.4, 0.5) is 0 Å². The predicted molar refractivity (Wildman–Crippen MR) is 112 cm³/mol. The van der Waals surface area contributed by atoms with Gasteiger partial charge in [-0.1, -0.05) is 77.4 Å². The maximum absolute atomic E-state index is 6.05. The number of hydrogen-bond donors (Lipinski definition) is 0. The van der Waals surface area contributed by atoms with E-state index in [-0.39, 0.29) is 5.92 Å². The van der Waals surface area contributed by atoms with Crippen molar-refractivity contribution in [1.82, 2.24) is 14.9 Å². The van der Waals surface area contributed by atoms with E-state index in [1.807, 2.05) is 41.1 Å². The van der Waals surface area contributed by atoms with Crippen LogP contribution in [0.3, 0.4) is 0 Å². The molecule has 0 unspecified atom stereocenters. The number of hydrogen-bond acceptors (Lipinski definition) is 4. The van der Waals surface area contributed by atoms with Gasteiger partial charge < -0.3 is 0 Å². The Bertz CT molecular complexity index is 906. The Labute approximate surface area is 170 Å². The summed E-state index contributed by atoms with van der Waals surface area (Å²) >= 11 is 11.1. The van der Waals surface area contributed by atoms with Gasteiger partial charge in [0.2, 0.25) is 5.16 Å². The average molecular weight is 450 g/mol. The average Bonchev–Trinajstić information content (AvgIpc) is 3.03. The fourth-order valence-electron chi connectivity index (χ4n) is 2.28. The first-order valence-corrected chi connectivity index (χ1v) is 10.3. The molecular weight excluding hydrogens is 432 g/mol. The second kappa shape index (κ2) is 8.84. The van der Waals surface area contributed by atoms with E-state index >= 15 is 0 Å². The fourth-order valence-corrected chi connectivity index (χ4v) is 3.59. The summed E-state index contributed by atoms with van der Waals surface area (Å²) in [7, 11) is 0. The third-order valence-electron chi connectivity index (χ3n) is 3.60. The Balaban J connectivity index is 1.83. The van der Waals surface area contributed by atoms with Crippen LogP contribution < -0.4 is 0 Å². The van der Waals surface area contributed by atoms with Crippen molar-refractivity contribution in [2.45, 2.75) is 30.7 Å². The summed E-state index contributed by atoms with van der Waals surface area (Å²) in [6, 6.07) is 15.9. The maximum atomic E-state index is 6.05. The molecule has 3 rings (SSSR count). The van der Waals surface area contributed by atoms with Gasteiger partial charge >= 0.3 is 0 Å². The number of thioether (sulfide) groups is 1. The first-order chi connectivity index (χ1) is 12.5. The van der Waals surface area contributed by atoms with Gasteiger partial charge in [0.25, 0.3) is 0 Å². The normalized spacial score (nSPS) is 11.6. The van der Waals surface area contributed by atoms with Gasteiger partial charge in [-0.2, -0.15) is 9.78 Å². The van der Waals surface area contributed by atoms with E-state index in [0.717, 1.165) is 26.8 Å². The van der Waals surface area contributed by atoms with Crippen LogP contribution in [0.15, 0.2) is 63.3 Å². The van der Waals surface area contributed by atoms with Gasteiger partial charge in [-0.05, 0) is 35.4 Å². The molecule has 0 saturated heterocycles. The van der Waals surface area contributed by atoms with Crippen LogP contribution in [-0.4, -0.2) is 21.1 Å². The number of rotatable bonds is 6. The minimum atomic E-state index is 0.223. The Morgan fingerprint density at radius 3 is 2.65 bits per heavy atom. The molecule has 2 aromatic carbocycles. The topological polar surface area (TPSA) is 43.1 Å². The van der Waals surface area contributed by atoms with E-state index in [2.05, 4.69) is 57.2 Å². The molecule has 0 fully saturated rings. The molecule has 0 N–H and O–H groups in total. The van der Waals surface area contributed by atoms with Gasteiger partial charge in [-0.15, -0.1) is 10.2 Å². The van der Waals surface area contributed by atoms with Gasteiger partial charge in [0, 0.05) is 21.2 Å². The second-order valence-corrected chi connectivity index (χ2v) is 8.32. The Morgan fingerprint density at radius 2 is 1.96 bits per heavy atom.